The number of carboxylic acid groups (broad SMARTS) is 1. The van der Waals surface area contributed by atoms with E-state index in [1.54, 1.807) is 0 Å². The number of nitrogens with one attached hydrogen (secondary N) is 1. The fraction of sp³-hybridized carbons (Fsp3) is 0.364. The van der Waals surface area contributed by atoms with Crippen LogP contribution in [0.2, 0.25) is 0 Å². The molecule has 0 bridgehead atoms. The number of carbonyl (C=O) groups is 1. The third kappa shape index (κ3) is 4.25. The van der Waals surface area contributed by atoms with Crippen molar-refractivity contribution in [1.29, 1.82) is 0 Å². The van der Waals surface area contributed by atoms with E-state index in [0.717, 1.165) is 25.2 Å². The minimum absolute atomic E-state index is 0.868. The summed E-state index contributed by atoms with van der Waals surface area (Å²) in [4.78, 5) is 8.90. The second-order valence-electron chi connectivity index (χ2n) is 3.76. The molecular formula is C11H13F3N2O2. The molecule has 0 atom stereocenters. The summed E-state index contributed by atoms with van der Waals surface area (Å²) in [5, 5.41) is 10.4. The zero-order valence-corrected chi connectivity index (χ0v) is 9.42. The molecule has 7 heteroatoms. The van der Waals surface area contributed by atoms with Gasteiger partial charge in [0.25, 0.3) is 0 Å². The van der Waals surface area contributed by atoms with Gasteiger partial charge < -0.3 is 16.2 Å². The van der Waals surface area contributed by atoms with Crippen LogP contribution in [0.5, 0.6) is 0 Å². The Morgan fingerprint density at radius 3 is 2.50 bits per heavy atom. The van der Waals surface area contributed by atoms with E-state index in [-0.39, 0.29) is 0 Å². The third-order valence-corrected chi connectivity index (χ3v) is 2.36. The van der Waals surface area contributed by atoms with Crippen LogP contribution < -0.4 is 11.1 Å². The van der Waals surface area contributed by atoms with Crippen molar-refractivity contribution in [3.8, 4) is 0 Å². The summed E-state index contributed by atoms with van der Waals surface area (Å²) in [5.41, 5.74) is 9.32. The van der Waals surface area contributed by atoms with Crippen LogP contribution in [0.1, 0.15) is 11.1 Å². The SMILES string of the molecule is Nc1ccc2c(c1)CNCC2.O=C(O)C(F)(F)F. The molecule has 1 aromatic rings. The molecule has 0 saturated carbocycles. The van der Waals surface area contributed by atoms with Gasteiger partial charge in [-0.1, -0.05) is 6.07 Å². The van der Waals surface area contributed by atoms with Crippen LogP contribution in [0.4, 0.5) is 18.9 Å². The lowest BCUT2D eigenvalue weighted by molar-refractivity contribution is -0.192. The summed E-state index contributed by atoms with van der Waals surface area (Å²) in [6.07, 6.45) is -3.95. The molecule has 1 aliphatic rings. The zero-order chi connectivity index (χ0) is 13.8. The normalized spacial score (nSPS) is 14.2. The third-order valence-electron chi connectivity index (χ3n) is 2.36. The molecule has 1 aliphatic heterocycles. The number of anilines is 1. The van der Waals surface area contributed by atoms with Crippen LogP contribution >= 0.6 is 0 Å². The summed E-state index contributed by atoms with van der Waals surface area (Å²) in [5.74, 6) is -2.76. The summed E-state index contributed by atoms with van der Waals surface area (Å²) in [6.45, 7) is 2.07. The first-order chi connectivity index (χ1) is 8.30. The zero-order valence-electron chi connectivity index (χ0n) is 9.42. The van der Waals surface area contributed by atoms with Crippen LogP contribution in [0.3, 0.4) is 0 Å². The lowest BCUT2D eigenvalue weighted by atomic mass is 10.0. The van der Waals surface area contributed by atoms with Crippen LogP contribution in [-0.2, 0) is 17.8 Å². The van der Waals surface area contributed by atoms with E-state index in [1.165, 1.54) is 11.1 Å². The van der Waals surface area contributed by atoms with Crippen molar-refractivity contribution >= 4 is 11.7 Å². The van der Waals surface area contributed by atoms with E-state index in [4.69, 9.17) is 15.6 Å². The van der Waals surface area contributed by atoms with Gasteiger partial charge in [-0.25, -0.2) is 4.79 Å². The number of rotatable bonds is 0. The second-order valence-corrected chi connectivity index (χ2v) is 3.76. The Labute approximate surface area is 102 Å². The Balaban J connectivity index is 0.000000203. The molecule has 100 valence electrons. The van der Waals surface area contributed by atoms with Crippen molar-refractivity contribution < 1.29 is 23.1 Å². The maximum absolute atomic E-state index is 10.6. The highest BCUT2D eigenvalue weighted by molar-refractivity contribution is 5.73. The molecular weight excluding hydrogens is 249 g/mol. The molecule has 0 radical (unpaired) electrons. The van der Waals surface area contributed by atoms with Gasteiger partial charge in [-0.15, -0.1) is 0 Å². The second kappa shape index (κ2) is 5.72. The number of halogens is 3. The summed E-state index contributed by atoms with van der Waals surface area (Å²) >= 11 is 0. The van der Waals surface area contributed by atoms with Gasteiger partial charge in [0.1, 0.15) is 0 Å². The minimum atomic E-state index is -5.08. The largest absolute Gasteiger partial charge is 0.490 e. The average Bonchev–Trinajstić information content (AvgIpc) is 2.28. The van der Waals surface area contributed by atoms with Crippen molar-refractivity contribution in [3.05, 3.63) is 29.3 Å². The number of aliphatic carboxylic acids is 1. The number of nitrogen functional groups attached to an aromatic ring is 1. The number of nitrogens with two attached hydrogens (primary N) is 1. The van der Waals surface area contributed by atoms with Crippen molar-refractivity contribution in [2.45, 2.75) is 19.1 Å². The van der Waals surface area contributed by atoms with Crippen LogP contribution in [0.25, 0.3) is 0 Å². The fourth-order valence-electron chi connectivity index (χ4n) is 1.50. The molecule has 0 aliphatic carbocycles. The van der Waals surface area contributed by atoms with Crippen LogP contribution in [0.15, 0.2) is 18.2 Å². The topological polar surface area (TPSA) is 75.3 Å². The fourth-order valence-corrected chi connectivity index (χ4v) is 1.50. The number of hydrogen-bond acceptors (Lipinski definition) is 3. The van der Waals surface area contributed by atoms with E-state index < -0.39 is 12.1 Å². The molecule has 0 saturated heterocycles. The molecule has 1 heterocycles. The number of hydrogen-bond donors (Lipinski definition) is 3. The van der Waals surface area contributed by atoms with Gasteiger partial charge in [0.05, 0.1) is 0 Å². The van der Waals surface area contributed by atoms with Crippen LogP contribution in [-0.4, -0.2) is 23.8 Å². The Morgan fingerprint density at radius 2 is 1.94 bits per heavy atom. The van der Waals surface area contributed by atoms with Gasteiger partial charge in [0, 0.05) is 12.2 Å². The lowest BCUT2D eigenvalue weighted by Gasteiger charge is -2.16. The standard InChI is InChI=1S/C9H12N2.C2HF3O2/c10-9-2-1-7-3-4-11-6-8(7)5-9;3-2(4,5)1(6)7/h1-2,5,11H,3-4,6,10H2;(H,6,7). The first kappa shape index (κ1) is 14.3. The Morgan fingerprint density at radius 1 is 1.33 bits per heavy atom. The Kier molecular flexibility index (Phi) is 4.55. The van der Waals surface area contributed by atoms with E-state index in [0.29, 0.717) is 0 Å². The average molecular weight is 262 g/mol. The molecule has 4 N–H and O–H groups in total. The maximum Gasteiger partial charge on any atom is 0.490 e. The first-order valence-corrected chi connectivity index (χ1v) is 5.19. The Bertz CT molecular complexity index is 433. The minimum Gasteiger partial charge on any atom is -0.475 e. The molecule has 1 aromatic carbocycles. The first-order valence-electron chi connectivity index (χ1n) is 5.19. The number of alkyl halides is 3. The highest BCUT2D eigenvalue weighted by Crippen LogP contribution is 2.16. The molecule has 18 heavy (non-hydrogen) atoms. The van der Waals surface area contributed by atoms with Crippen molar-refractivity contribution in [2.24, 2.45) is 0 Å². The van der Waals surface area contributed by atoms with Crippen molar-refractivity contribution in [3.63, 3.8) is 0 Å². The highest BCUT2D eigenvalue weighted by Gasteiger charge is 2.38. The summed E-state index contributed by atoms with van der Waals surface area (Å²) in [7, 11) is 0. The lowest BCUT2D eigenvalue weighted by Crippen LogP contribution is -2.23. The van der Waals surface area contributed by atoms with E-state index in [9.17, 15) is 13.2 Å². The predicted molar refractivity (Wildman–Crippen MR) is 60.0 cm³/mol. The van der Waals surface area contributed by atoms with E-state index in [2.05, 4.69) is 17.4 Å². The smallest absolute Gasteiger partial charge is 0.475 e. The van der Waals surface area contributed by atoms with Gasteiger partial charge in [0.15, 0.2) is 0 Å². The maximum atomic E-state index is 10.6. The molecule has 0 aromatic heterocycles. The summed E-state index contributed by atoms with van der Waals surface area (Å²) in [6, 6.07) is 6.16. The Hall–Kier alpha value is -1.76. The molecule has 0 unspecified atom stereocenters. The monoisotopic (exact) mass is 262 g/mol. The van der Waals surface area contributed by atoms with E-state index >= 15 is 0 Å². The van der Waals surface area contributed by atoms with Gasteiger partial charge in [-0.2, -0.15) is 13.2 Å². The quantitative estimate of drug-likeness (QED) is 0.620. The van der Waals surface area contributed by atoms with Gasteiger partial charge in [-0.05, 0) is 36.2 Å². The number of carboxylic acids is 1. The van der Waals surface area contributed by atoms with Gasteiger partial charge in [-0.3, -0.25) is 0 Å². The highest BCUT2D eigenvalue weighted by atomic mass is 19.4. The molecule has 0 amide bonds. The number of benzene rings is 1. The summed E-state index contributed by atoms with van der Waals surface area (Å²) < 4.78 is 31.7. The predicted octanol–water partition coefficient (Wildman–Crippen LogP) is 1.55. The van der Waals surface area contributed by atoms with Gasteiger partial charge in [0.2, 0.25) is 0 Å². The number of fused-ring (bicyclic) bond motifs is 1. The van der Waals surface area contributed by atoms with Gasteiger partial charge >= 0.3 is 12.1 Å². The molecule has 2 rings (SSSR count). The molecule has 4 nitrogen and oxygen atoms in total. The van der Waals surface area contributed by atoms with Crippen molar-refractivity contribution in [1.82, 2.24) is 5.32 Å². The van der Waals surface area contributed by atoms with Crippen LogP contribution in [0, 0.1) is 0 Å². The van der Waals surface area contributed by atoms with Crippen molar-refractivity contribution in [2.75, 3.05) is 12.3 Å². The molecule has 0 fully saturated rings. The van der Waals surface area contributed by atoms with E-state index in [1.807, 2.05) is 6.07 Å². The molecule has 0 spiro atoms.